The van der Waals surface area contributed by atoms with Crippen molar-refractivity contribution >= 4 is 28.4 Å². The van der Waals surface area contributed by atoms with E-state index in [-0.39, 0.29) is 29.7 Å². The molecule has 7 heteroatoms. The van der Waals surface area contributed by atoms with Crippen LogP contribution >= 0.6 is 0 Å². The highest BCUT2D eigenvalue weighted by molar-refractivity contribution is 5.98. The van der Waals surface area contributed by atoms with Gasteiger partial charge in [-0.1, -0.05) is 13.8 Å². The summed E-state index contributed by atoms with van der Waals surface area (Å²) in [5, 5.41) is 3.22. The third-order valence-corrected chi connectivity index (χ3v) is 4.08. The largest absolute Gasteiger partial charge is 0.342 e. The van der Waals surface area contributed by atoms with Crippen molar-refractivity contribution in [1.29, 1.82) is 0 Å². The molecule has 1 saturated heterocycles. The summed E-state index contributed by atoms with van der Waals surface area (Å²) < 4.78 is 0. The van der Waals surface area contributed by atoms with Crippen LogP contribution in [0, 0.1) is 11.8 Å². The summed E-state index contributed by atoms with van der Waals surface area (Å²) in [5.74, 6) is -0.174. The van der Waals surface area contributed by atoms with Crippen molar-refractivity contribution in [3.05, 3.63) is 34.9 Å². The van der Waals surface area contributed by atoms with Crippen LogP contribution < -0.4 is 10.9 Å². The van der Waals surface area contributed by atoms with Crippen molar-refractivity contribution in [3.63, 3.8) is 0 Å². The fraction of sp³-hybridized carbons (Fsp3) is 0.412. The average Bonchev–Trinajstić information content (AvgIpc) is 2.88. The lowest BCUT2D eigenvalue weighted by atomic mass is 10.1. The number of aromatic amines is 1. The average molecular weight is 328 g/mol. The van der Waals surface area contributed by atoms with Gasteiger partial charge in [-0.2, -0.15) is 0 Å². The monoisotopic (exact) mass is 328 g/mol. The fourth-order valence-corrected chi connectivity index (χ4v) is 2.96. The van der Waals surface area contributed by atoms with E-state index in [1.165, 1.54) is 6.33 Å². The summed E-state index contributed by atoms with van der Waals surface area (Å²) in [6.45, 7) is 5.20. The molecule has 2 aromatic rings. The highest BCUT2D eigenvalue weighted by Crippen LogP contribution is 2.21. The van der Waals surface area contributed by atoms with Crippen LogP contribution in [0.1, 0.15) is 20.3 Å². The summed E-state index contributed by atoms with van der Waals surface area (Å²) in [4.78, 5) is 44.5. The summed E-state index contributed by atoms with van der Waals surface area (Å²) >= 11 is 0. The molecule has 0 radical (unpaired) electrons. The van der Waals surface area contributed by atoms with Crippen LogP contribution in [-0.4, -0.2) is 39.8 Å². The van der Waals surface area contributed by atoms with Gasteiger partial charge in [-0.05, 0) is 24.1 Å². The molecular formula is C17H20N4O3. The molecule has 0 bridgehead atoms. The first-order chi connectivity index (χ1) is 11.4. The SMILES string of the molecule is CC(C)CN1C[C@H](C(=O)Nc2ccc3nc[nH]c(=O)c3c2)CC1=O. The van der Waals surface area contributed by atoms with Gasteiger partial charge in [0, 0.05) is 25.2 Å². The lowest BCUT2D eigenvalue weighted by Crippen LogP contribution is -2.31. The van der Waals surface area contributed by atoms with Gasteiger partial charge in [0.25, 0.3) is 5.56 Å². The van der Waals surface area contributed by atoms with Crippen LogP contribution in [-0.2, 0) is 9.59 Å². The smallest absolute Gasteiger partial charge is 0.258 e. The van der Waals surface area contributed by atoms with Crippen molar-refractivity contribution in [3.8, 4) is 0 Å². The minimum Gasteiger partial charge on any atom is -0.342 e. The lowest BCUT2D eigenvalue weighted by molar-refractivity contribution is -0.128. The van der Waals surface area contributed by atoms with E-state index in [0.29, 0.717) is 35.6 Å². The quantitative estimate of drug-likeness (QED) is 0.886. The van der Waals surface area contributed by atoms with Gasteiger partial charge < -0.3 is 15.2 Å². The Hall–Kier alpha value is -2.70. The molecule has 1 aromatic carbocycles. The van der Waals surface area contributed by atoms with Gasteiger partial charge in [-0.25, -0.2) is 4.98 Å². The molecule has 1 aliphatic rings. The molecular weight excluding hydrogens is 308 g/mol. The minimum atomic E-state index is -0.362. The van der Waals surface area contributed by atoms with E-state index in [1.807, 2.05) is 13.8 Å². The normalized spacial score (nSPS) is 17.7. The van der Waals surface area contributed by atoms with Gasteiger partial charge in [0.05, 0.1) is 23.1 Å². The molecule has 2 heterocycles. The third-order valence-electron chi connectivity index (χ3n) is 4.08. The van der Waals surface area contributed by atoms with Gasteiger partial charge in [0.1, 0.15) is 0 Å². The zero-order valence-corrected chi connectivity index (χ0v) is 13.7. The third kappa shape index (κ3) is 3.29. The second-order valence-electron chi connectivity index (χ2n) is 6.55. The van der Waals surface area contributed by atoms with E-state index in [1.54, 1.807) is 23.1 Å². The number of hydrogen-bond donors (Lipinski definition) is 2. The molecule has 0 saturated carbocycles. The number of carbonyl (C=O) groups excluding carboxylic acids is 2. The number of H-pyrrole nitrogens is 1. The molecule has 1 aliphatic heterocycles. The minimum absolute atomic E-state index is 0.0167. The molecule has 0 unspecified atom stereocenters. The molecule has 126 valence electrons. The molecule has 1 aromatic heterocycles. The van der Waals surface area contributed by atoms with Crippen LogP contribution in [0.25, 0.3) is 10.9 Å². The Morgan fingerprint density at radius 1 is 1.42 bits per heavy atom. The van der Waals surface area contributed by atoms with Crippen molar-refractivity contribution in [2.45, 2.75) is 20.3 Å². The van der Waals surface area contributed by atoms with E-state index in [4.69, 9.17) is 0 Å². The summed E-state index contributed by atoms with van der Waals surface area (Å²) in [5.41, 5.74) is 0.840. The Bertz CT molecular complexity index is 843. The number of likely N-dealkylation sites (tertiary alicyclic amines) is 1. The Morgan fingerprint density at radius 3 is 2.96 bits per heavy atom. The topological polar surface area (TPSA) is 95.2 Å². The summed E-state index contributed by atoms with van der Waals surface area (Å²) in [7, 11) is 0. The number of amides is 2. The van der Waals surface area contributed by atoms with E-state index >= 15 is 0 Å². The van der Waals surface area contributed by atoms with Gasteiger partial charge in [0.2, 0.25) is 11.8 Å². The molecule has 2 N–H and O–H groups in total. The molecule has 0 spiro atoms. The first-order valence-electron chi connectivity index (χ1n) is 8.00. The number of benzene rings is 1. The molecule has 0 aliphatic carbocycles. The first kappa shape index (κ1) is 16.2. The van der Waals surface area contributed by atoms with E-state index in [9.17, 15) is 14.4 Å². The maximum absolute atomic E-state index is 12.4. The predicted octanol–water partition coefficient (Wildman–Crippen LogP) is 1.37. The summed E-state index contributed by atoms with van der Waals surface area (Å²) in [6, 6.07) is 4.99. The van der Waals surface area contributed by atoms with Crippen LogP contribution in [0.3, 0.4) is 0 Å². The Morgan fingerprint density at radius 2 is 2.21 bits per heavy atom. The second-order valence-corrected chi connectivity index (χ2v) is 6.55. The first-order valence-corrected chi connectivity index (χ1v) is 8.00. The fourth-order valence-electron chi connectivity index (χ4n) is 2.96. The van der Waals surface area contributed by atoms with Crippen LogP contribution in [0.15, 0.2) is 29.3 Å². The van der Waals surface area contributed by atoms with Gasteiger partial charge in [-0.3, -0.25) is 14.4 Å². The van der Waals surface area contributed by atoms with Gasteiger partial charge >= 0.3 is 0 Å². The molecule has 1 fully saturated rings. The summed E-state index contributed by atoms with van der Waals surface area (Å²) in [6.07, 6.45) is 1.57. The predicted molar refractivity (Wildman–Crippen MR) is 90.5 cm³/mol. The highest BCUT2D eigenvalue weighted by Gasteiger charge is 2.34. The molecule has 2 amide bonds. The number of hydrogen-bond acceptors (Lipinski definition) is 4. The molecule has 3 rings (SSSR count). The maximum Gasteiger partial charge on any atom is 0.258 e. The molecule has 1 atom stereocenters. The van der Waals surface area contributed by atoms with Gasteiger partial charge in [0.15, 0.2) is 0 Å². The number of aromatic nitrogens is 2. The van der Waals surface area contributed by atoms with Crippen LogP contribution in [0.2, 0.25) is 0 Å². The number of nitrogens with zero attached hydrogens (tertiary/aromatic N) is 2. The number of rotatable bonds is 4. The van der Waals surface area contributed by atoms with Crippen molar-refractivity contribution < 1.29 is 9.59 Å². The van der Waals surface area contributed by atoms with Crippen molar-refractivity contribution in [2.24, 2.45) is 11.8 Å². The molecule has 24 heavy (non-hydrogen) atoms. The number of nitrogens with one attached hydrogen (secondary N) is 2. The Kier molecular flexibility index (Phi) is 4.33. The van der Waals surface area contributed by atoms with E-state index in [2.05, 4.69) is 15.3 Å². The Labute approximate surface area is 139 Å². The number of carbonyl (C=O) groups is 2. The number of fused-ring (bicyclic) bond motifs is 1. The standard InChI is InChI=1S/C17H20N4O3/c1-10(2)7-21-8-11(5-15(21)22)16(23)20-12-3-4-14-13(6-12)17(24)19-9-18-14/h3-4,6,9-11H,5,7-8H2,1-2H3,(H,20,23)(H,18,19,24)/t11-/m1/s1. The van der Waals surface area contributed by atoms with Crippen LogP contribution in [0.4, 0.5) is 5.69 Å². The Balaban J connectivity index is 1.72. The highest BCUT2D eigenvalue weighted by atomic mass is 16.2. The van der Waals surface area contributed by atoms with E-state index < -0.39 is 0 Å². The second kappa shape index (κ2) is 6.43. The zero-order chi connectivity index (χ0) is 17.3. The van der Waals surface area contributed by atoms with Crippen molar-refractivity contribution in [2.75, 3.05) is 18.4 Å². The number of anilines is 1. The zero-order valence-electron chi connectivity index (χ0n) is 13.7. The van der Waals surface area contributed by atoms with Crippen molar-refractivity contribution in [1.82, 2.24) is 14.9 Å². The van der Waals surface area contributed by atoms with Crippen LogP contribution in [0.5, 0.6) is 0 Å². The van der Waals surface area contributed by atoms with E-state index in [0.717, 1.165) is 0 Å². The lowest BCUT2D eigenvalue weighted by Gasteiger charge is -2.18. The maximum atomic E-state index is 12.4. The van der Waals surface area contributed by atoms with Gasteiger partial charge in [-0.15, -0.1) is 0 Å². The molecule has 7 nitrogen and oxygen atoms in total.